The van der Waals surface area contributed by atoms with Gasteiger partial charge in [0, 0.05) is 50.5 Å². The first-order valence-electron chi connectivity index (χ1n) is 9.87. The Hall–Kier alpha value is -2.67. The number of rotatable bonds is 4. The fraction of sp³-hybridized carbons (Fsp3) is 0.476. The van der Waals surface area contributed by atoms with Crippen LogP contribution in [0.15, 0.2) is 36.5 Å². The highest BCUT2D eigenvalue weighted by atomic mass is 16.5. The molecule has 7 nitrogen and oxygen atoms in total. The van der Waals surface area contributed by atoms with Gasteiger partial charge in [-0.15, -0.1) is 0 Å². The molecular weight excluding hydrogens is 356 g/mol. The predicted molar refractivity (Wildman–Crippen MR) is 106 cm³/mol. The van der Waals surface area contributed by atoms with E-state index in [1.807, 2.05) is 35.2 Å². The van der Waals surface area contributed by atoms with Crippen molar-refractivity contribution in [3.05, 3.63) is 36.5 Å². The third kappa shape index (κ3) is 3.67. The van der Waals surface area contributed by atoms with E-state index in [-0.39, 0.29) is 17.9 Å². The van der Waals surface area contributed by atoms with Crippen LogP contribution in [0.3, 0.4) is 0 Å². The van der Waals surface area contributed by atoms with Gasteiger partial charge in [0.25, 0.3) is 5.91 Å². The second-order valence-corrected chi connectivity index (χ2v) is 7.61. The molecule has 2 aromatic rings. The molecule has 2 aliphatic rings. The van der Waals surface area contributed by atoms with Crippen molar-refractivity contribution in [2.45, 2.75) is 37.8 Å². The van der Waals surface area contributed by atoms with Gasteiger partial charge in [0.05, 0.1) is 5.52 Å². The van der Waals surface area contributed by atoms with Crippen LogP contribution in [0.4, 0.5) is 0 Å². The Morgan fingerprint density at radius 3 is 2.86 bits per heavy atom. The van der Waals surface area contributed by atoms with Gasteiger partial charge in [-0.2, -0.15) is 0 Å². The molecule has 1 atom stereocenters. The summed E-state index contributed by atoms with van der Waals surface area (Å²) in [5.41, 5.74) is -0.0380. The van der Waals surface area contributed by atoms with E-state index in [9.17, 15) is 9.59 Å². The van der Waals surface area contributed by atoms with Crippen LogP contribution in [0.5, 0.6) is 5.75 Å². The minimum atomic E-state index is -0.888. The van der Waals surface area contributed by atoms with Gasteiger partial charge in [-0.1, -0.05) is 6.07 Å². The number of nitrogens with one attached hydrogen (secondary N) is 2. The molecule has 1 aromatic carbocycles. The predicted octanol–water partition coefficient (Wildman–Crippen LogP) is 1.47. The van der Waals surface area contributed by atoms with Crippen LogP contribution in [-0.4, -0.2) is 59.5 Å². The first-order valence-corrected chi connectivity index (χ1v) is 9.87. The monoisotopic (exact) mass is 382 g/mol. The van der Waals surface area contributed by atoms with Crippen LogP contribution in [0.1, 0.15) is 26.2 Å². The van der Waals surface area contributed by atoms with E-state index < -0.39 is 5.60 Å². The Morgan fingerprint density at radius 2 is 2.07 bits per heavy atom. The zero-order valence-corrected chi connectivity index (χ0v) is 16.1. The number of amides is 2. The highest BCUT2D eigenvalue weighted by molar-refractivity contribution is 5.89. The van der Waals surface area contributed by atoms with Gasteiger partial charge in [-0.25, -0.2) is 0 Å². The number of fused-ring (bicyclic) bond motifs is 1. The van der Waals surface area contributed by atoms with E-state index >= 15 is 0 Å². The lowest BCUT2D eigenvalue weighted by molar-refractivity contribution is -0.149. The lowest BCUT2D eigenvalue weighted by Crippen LogP contribution is -2.57. The number of carbonyl (C=O) groups is 2. The van der Waals surface area contributed by atoms with Gasteiger partial charge in [0.15, 0.2) is 5.60 Å². The van der Waals surface area contributed by atoms with Crippen molar-refractivity contribution in [1.29, 1.82) is 0 Å². The van der Waals surface area contributed by atoms with Gasteiger partial charge in [0.2, 0.25) is 5.91 Å². The second-order valence-electron chi connectivity index (χ2n) is 7.61. The van der Waals surface area contributed by atoms with Crippen molar-refractivity contribution in [2.75, 3.05) is 26.2 Å². The van der Waals surface area contributed by atoms with Crippen LogP contribution in [0.2, 0.25) is 0 Å². The number of piperidine rings is 1. The lowest BCUT2D eigenvalue weighted by Gasteiger charge is -2.39. The van der Waals surface area contributed by atoms with Gasteiger partial charge >= 0.3 is 0 Å². The maximum absolute atomic E-state index is 13.5. The third-order valence-corrected chi connectivity index (χ3v) is 5.59. The number of nitrogens with zero attached hydrogens (tertiary/aromatic N) is 2. The zero-order chi connectivity index (χ0) is 19.6. The molecule has 148 valence electrons. The van der Waals surface area contributed by atoms with Crippen molar-refractivity contribution in [3.63, 3.8) is 0 Å². The first-order chi connectivity index (χ1) is 13.6. The molecule has 4 rings (SSSR count). The number of likely N-dealkylation sites (tertiary alicyclic amines) is 1. The number of pyridine rings is 1. The average molecular weight is 382 g/mol. The molecule has 3 heterocycles. The highest BCUT2D eigenvalue weighted by Crippen LogP contribution is 2.33. The van der Waals surface area contributed by atoms with Crippen LogP contribution in [0, 0.1) is 0 Å². The number of benzene rings is 1. The molecule has 28 heavy (non-hydrogen) atoms. The van der Waals surface area contributed by atoms with E-state index in [1.165, 1.54) is 6.92 Å². The fourth-order valence-corrected chi connectivity index (χ4v) is 4.20. The van der Waals surface area contributed by atoms with E-state index in [1.54, 1.807) is 6.20 Å². The molecule has 0 aliphatic carbocycles. The van der Waals surface area contributed by atoms with Crippen molar-refractivity contribution in [3.8, 4) is 5.75 Å². The van der Waals surface area contributed by atoms with E-state index in [2.05, 4.69) is 15.6 Å². The standard InChI is InChI=1S/C21H26N4O3/c1-15(26)24-16-7-13-25(14-16)20(27)21(8-11-22-12-9-21)28-19-6-2-5-18-17(19)4-3-10-23-18/h2-6,10,16,22H,7-9,11-14H2,1H3,(H,24,26). The van der Waals surface area contributed by atoms with Crippen LogP contribution in [-0.2, 0) is 9.59 Å². The van der Waals surface area contributed by atoms with Crippen LogP contribution in [0.25, 0.3) is 10.9 Å². The minimum Gasteiger partial charge on any atom is -0.477 e. The quantitative estimate of drug-likeness (QED) is 0.837. The first kappa shape index (κ1) is 18.7. The largest absolute Gasteiger partial charge is 0.477 e. The van der Waals surface area contributed by atoms with Gasteiger partial charge < -0.3 is 20.3 Å². The Labute approximate surface area is 164 Å². The Morgan fingerprint density at radius 1 is 1.25 bits per heavy atom. The van der Waals surface area contributed by atoms with Crippen molar-refractivity contribution in [1.82, 2.24) is 20.5 Å². The smallest absolute Gasteiger partial charge is 0.266 e. The van der Waals surface area contributed by atoms with Crippen LogP contribution >= 0.6 is 0 Å². The van der Waals surface area contributed by atoms with Gasteiger partial charge in [-0.05, 0) is 43.8 Å². The molecule has 1 aromatic heterocycles. The molecule has 2 N–H and O–H groups in total. The molecule has 2 saturated heterocycles. The maximum Gasteiger partial charge on any atom is 0.266 e. The molecule has 0 radical (unpaired) electrons. The third-order valence-electron chi connectivity index (χ3n) is 5.59. The minimum absolute atomic E-state index is 0.0157. The summed E-state index contributed by atoms with van der Waals surface area (Å²) in [6.45, 7) is 4.15. The van der Waals surface area contributed by atoms with E-state index in [4.69, 9.17) is 4.74 Å². The molecule has 2 aliphatic heterocycles. The molecule has 0 bridgehead atoms. The Bertz CT molecular complexity index is 874. The normalized spacial score (nSPS) is 21.5. The summed E-state index contributed by atoms with van der Waals surface area (Å²) in [6.07, 6.45) is 3.76. The molecule has 0 saturated carbocycles. The number of hydrogen-bond donors (Lipinski definition) is 2. The SMILES string of the molecule is CC(=O)NC1CCN(C(=O)C2(Oc3cccc4ncccc34)CCNCC2)C1. The summed E-state index contributed by atoms with van der Waals surface area (Å²) in [6, 6.07) is 9.63. The van der Waals surface area contributed by atoms with Gasteiger partial charge in [-0.3, -0.25) is 14.6 Å². The summed E-state index contributed by atoms with van der Waals surface area (Å²) in [4.78, 5) is 31.1. The molecule has 0 spiro atoms. The number of ether oxygens (including phenoxy) is 1. The number of hydrogen-bond acceptors (Lipinski definition) is 5. The summed E-state index contributed by atoms with van der Waals surface area (Å²) >= 11 is 0. The van der Waals surface area contributed by atoms with Crippen molar-refractivity contribution in [2.24, 2.45) is 0 Å². The molecule has 7 heteroatoms. The molecular formula is C21H26N4O3. The Kier molecular flexibility index (Phi) is 5.17. The number of carbonyl (C=O) groups excluding carboxylic acids is 2. The number of aromatic nitrogens is 1. The molecule has 2 amide bonds. The summed E-state index contributed by atoms with van der Waals surface area (Å²) in [7, 11) is 0. The molecule has 1 unspecified atom stereocenters. The average Bonchev–Trinajstić information content (AvgIpc) is 3.16. The lowest BCUT2D eigenvalue weighted by atomic mass is 9.90. The highest BCUT2D eigenvalue weighted by Gasteiger charge is 2.46. The van der Waals surface area contributed by atoms with E-state index in [0.717, 1.165) is 30.4 Å². The second kappa shape index (κ2) is 7.75. The van der Waals surface area contributed by atoms with Crippen molar-refractivity contribution >= 4 is 22.7 Å². The van der Waals surface area contributed by atoms with E-state index in [0.29, 0.717) is 31.7 Å². The molecule has 2 fully saturated rings. The van der Waals surface area contributed by atoms with Crippen molar-refractivity contribution < 1.29 is 14.3 Å². The summed E-state index contributed by atoms with van der Waals surface area (Å²) < 4.78 is 6.49. The summed E-state index contributed by atoms with van der Waals surface area (Å²) in [5.74, 6) is 0.650. The topological polar surface area (TPSA) is 83.6 Å². The summed E-state index contributed by atoms with van der Waals surface area (Å²) in [5, 5.41) is 7.15. The van der Waals surface area contributed by atoms with Crippen LogP contribution < -0.4 is 15.4 Å². The maximum atomic E-state index is 13.5. The Balaban J connectivity index is 1.60. The fourth-order valence-electron chi connectivity index (χ4n) is 4.20. The van der Waals surface area contributed by atoms with Gasteiger partial charge in [0.1, 0.15) is 5.75 Å². The zero-order valence-electron chi connectivity index (χ0n) is 16.1.